The second-order valence-electron chi connectivity index (χ2n) is 4.83. The Bertz CT molecular complexity index is 315. The van der Waals surface area contributed by atoms with Gasteiger partial charge >= 0.3 is 0 Å². The van der Waals surface area contributed by atoms with Gasteiger partial charge in [-0.25, -0.2) is 0 Å². The molecule has 5 heteroatoms. The van der Waals surface area contributed by atoms with Crippen LogP contribution in [-0.2, 0) is 0 Å². The summed E-state index contributed by atoms with van der Waals surface area (Å²) in [5.74, 6) is 0.987. The summed E-state index contributed by atoms with van der Waals surface area (Å²) in [6.45, 7) is 3.48. The van der Waals surface area contributed by atoms with E-state index in [4.69, 9.17) is 0 Å². The minimum absolute atomic E-state index is 0.727. The molecule has 4 nitrogen and oxygen atoms in total. The molecule has 1 aliphatic carbocycles. The highest BCUT2D eigenvalue weighted by molar-refractivity contribution is 7.13. The van der Waals surface area contributed by atoms with Crippen LogP contribution in [0.2, 0.25) is 0 Å². The summed E-state index contributed by atoms with van der Waals surface area (Å²) < 4.78 is 0. The normalized spacial score (nSPS) is 22.6. The minimum atomic E-state index is 0.727. The molecular weight excluding hydrogens is 220 g/mol. The van der Waals surface area contributed by atoms with Crippen LogP contribution in [0.4, 0.5) is 5.13 Å². The number of nitrogens with one attached hydrogen (secondary N) is 1. The van der Waals surface area contributed by atoms with E-state index in [2.05, 4.69) is 20.4 Å². The van der Waals surface area contributed by atoms with Crippen LogP contribution in [0.25, 0.3) is 0 Å². The summed E-state index contributed by atoms with van der Waals surface area (Å²) in [5, 5.41) is 12.8. The summed E-state index contributed by atoms with van der Waals surface area (Å²) in [6, 6.07) is 0.727. The lowest BCUT2D eigenvalue weighted by atomic mass is 10.1. The van der Waals surface area contributed by atoms with Crippen LogP contribution in [-0.4, -0.2) is 35.9 Å². The number of hydrogen-bond donors (Lipinski definition) is 1. The van der Waals surface area contributed by atoms with Crippen LogP contribution >= 0.6 is 11.3 Å². The Morgan fingerprint density at radius 2 is 2.12 bits per heavy atom. The van der Waals surface area contributed by atoms with E-state index in [-0.39, 0.29) is 0 Å². The largest absolute Gasteiger partial charge is 0.347 e. The molecule has 1 saturated carbocycles. The third-order valence-corrected chi connectivity index (χ3v) is 4.26. The molecule has 2 fully saturated rings. The molecule has 0 unspecified atom stereocenters. The number of nitrogens with zero attached hydrogens (tertiary/aromatic N) is 3. The van der Waals surface area contributed by atoms with Crippen LogP contribution < -0.4 is 10.2 Å². The molecule has 0 bridgehead atoms. The number of piperidine rings is 1. The van der Waals surface area contributed by atoms with E-state index in [0.717, 1.165) is 30.2 Å². The lowest BCUT2D eigenvalue weighted by Gasteiger charge is -2.31. The maximum atomic E-state index is 4.12. The molecule has 2 heterocycles. The first kappa shape index (κ1) is 10.5. The zero-order valence-electron chi connectivity index (χ0n) is 9.43. The SMILES string of the molecule is c1nnc(N2CCC(NCC3CC3)CC2)s1. The average Bonchev–Trinajstić information content (AvgIpc) is 3.00. The number of anilines is 1. The van der Waals surface area contributed by atoms with Crippen LogP contribution in [0.5, 0.6) is 0 Å². The first-order chi connectivity index (χ1) is 7.92. The highest BCUT2D eigenvalue weighted by Crippen LogP contribution is 2.28. The summed E-state index contributed by atoms with van der Waals surface area (Å²) in [7, 11) is 0. The Balaban J connectivity index is 1.44. The monoisotopic (exact) mass is 238 g/mol. The molecule has 0 spiro atoms. The summed E-state index contributed by atoms with van der Waals surface area (Å²) in [6.07, 6.45) is 5.37. The van der Waals surface area contributed by atoms with Crippen molar-refractivity contribution in [2.75, 3.05) is 24.5 Å². The third-order valence-electron chi connectivity index (χ3n) is 3.51. The Morgan fingerprint density at radius 1 is 1.31 bits per heavy atom. The molecule has 0 radical (unpaired) electrons. The van der Waals surface area contributed by atoms with Crippen molar-refractivity contribution in [1.82, 2.24) is 15.5 Å². The van der Waals surface area contributed by atoms with Gasteiger partial charge in [0.25, 0.3) is 0 Å². The lowest BCUT2D eigenvalue weighted by Crippen LogP contribution is -2.43. The first-order valence-corrected chi connectivity index (χ1v) is 7.04. The van der Waals surface area contributed by atoms with Crippen LogP contribution in [0.15, 0.2) is 5.51 Å². The molecule has 1 aromatic rings. The smallest absolute Gasteiger partial charge is 0.208 e. The van der Waals surface area contributed by atoms with E-state index in [1.807, 2.05) is 5.51 Å². The molecule has 3 rings (SSSR count). The van der Waals surface area contributed by atoms with E-state index in [1.165, 1.54) is 32.2 Å². The average molecular weight is 238 g/mol. The summed E-state index contributed by atoms with van der Waals surface area (Å²) in [4.78, 5) is 2.35. The Labute approximate surface area is 100 Å². The quantitative estimate of drug-likeness (QED) is 0.863. The Morgan fingerprint density at radius 3 is 2.75 bits per heavy atom. The molecule has 16 heavy (non-hydrogen) atoms. The van der Waals surface area contributed by atoms with E-state index in [0.29, 0.717) is 0 Å². The zero-order valence-corrected chi connectivity index (χ0v) is 10.2. The molecule has 1 N–H and O–H groups in total. The van der Waals surface area contributed by atoms with Gasteiger partial charge in [-0.15, -0.1) is 10.2 Å². The van der Waals surface area contributed by atoms with E-state index in [9.17, 15) is 0 Å². The highest BCUT2D eigenvalue weighted by atomic mass is 32.1. The topological polar surface area (TPSA) is 41.1 Å². The van der Waals surface area contributed by atoms with Gasteiger partial charge in [0.05, 0.1) is 0 Å². The second-order valence-corrected chi connectivity index (χ2v) is 5.65. The van der Waals surface area contributed by atoms with Crippen molar-refractivity contribution in [3.8, 4) is 0 Å². The van der Waals surface area contributed by atoms with Crippen molar-refractivity contribution in [3.63, 3.8) is 0 Å². The first-order valence-electron chi connectivity index (χ1n) is 6.16. The molecule has 1 aliphatic heterocycles. The van der Waals surface area contributed by atoms with Crippen molar-refractivity contribution in [3.05, 3.63) is 5.51 Å². The maximum absolute atomic E-state index is 4.12. The van der Waals surface area contributed by atoms with Gasteiger partial charge in [-0.1, -0.05) is 11.3 Å². The van der Waals surface area contributed by atoms with Crippen molar-refractivity contribution >= 4 is 16.5 Å². The van der Waals surface area contributed by atoms with Crippen LogP contribution in [0, 0.1) is 5.92 Å². The number of rotatable bonds is 4. The predicted molar refractivity (Wildman–Crippen MR) is 65.9 cm³/mol. The fourth-order valence-electron chi connectivity index (χ4n) is 2.24. The van der Waals surface area contributed by atoms with Gasteiger partial charge in [0.2, 0.25) is 5.13 Å². The molecule has 88 valence electrons. The van der Waals surface area contributed by atoms with Crippen LogP contribution in [0.1, 0.15) is 25.7 Å². The molecule has 0 amide bonds. The molecule has 1 saturated heterocycles. The van der Waals surface area contributed by atoms with Crippen LogP contribution in [0.3, 0.4) is 0 Å². The van der Waals surface area contributed by atoms with Gasteiger partial charge in [-0.2, -0.15) is 0 Å². The fourth-order valence-corrected chi connectivity index (χ4v) is 2.85. The molecule has 2 aliphatic rings. The fraction of sp³-hybridized carbons (Fsp3) is 0.818. The molecular formula is C11H18N4S. The Hall–Kier alpha value is -0.680. The Kier molecular flexibility index (Phi) is 3.06. The van der Waals surface area contributed by atoms with Crippen molar-refractivity contribution < 1.29 is 0 Å². The van der Waals surface area contributed by atoms with Gasteiger partial charge in [-0.3, -0.25) is 0 Å². The second kappa shape index (κ2) is 4.67. The standard InChI is InChI=1S/C11H18N4S/c1-2-9(1)7-12-10-3-5-15(6-4-10)11-14-13-8-16-11/h8-10,12H,1-7H2. The van der Waals surface area contributed by atoms with Gasteiger partial charge in [0.15, 0.2) is 0 Å². The molecule has 0 aromatic carbocycles. The minimum Gasteiger partial charge on any atom is -0.347 e. The third kappa shape index (κ3) is 2.52. The van der Waals surface area contributed by atoms with Gasteiger partial charge in [0, 0.05) is 19.1 Å². The van der Waals surface area contributed by atoms with Gasteiger partial charge in [0.1, 0.15) is 5.51 Å². The highest BCUT2D eigenvalue weighted by Gasteiger charge is 2.24. The predicted octanol–water partition coefficient (Wildman–Crippen LogP) is 1.51. The van der Waals surface area contributed by atoms with E-state index in [1.54, 1.807) is 11.3 Å². The number of hydrogen-bond acceptors (Lipinski definition) is 5. The van der Waals surface area contributed by atoms with Gasteiger partial charge < -0.3 is 10.2 Å². The molecule has 1 aromatic heterocycles. The van der Waals surface area contributed by atoms with Crippen molar-refractivity contribution in [2.24, 2.45) is 5.92 Å². The lowest BCUT2D eigenvalue weighted by molar-refractivity contribution is 0.408. The zero-order chi connectivity index (χ0) is 10.8. The van der Waals surface area contributed by atoms with Gasteiger partial charge in [-0.05, 0) is 38.1 Å². The van der Waals surface area contributed by atoms with E-state index < -0.39 is 0 Å². The summed E-state index contributed by atoms with van der Waals surface area (Å²) in [5.41, 5.74) is 1.81. The maximum Gasteiger partial charge on any atom is 0.208 e. The number of aromatic nitrogens is 2. The van der Waals surface area contributed by atoms with E-state index >= 15 is 0 Å². The van der Waals surface area contributed by atoms with Crippen molar-refractivity contribution in [2.45, 2.75) is 31.7 Å². The molecule has 0 atom stereocenters. The summed E-state index contributed by atoms with van der Waals surface area (Å²) >= 11 is 1.64. The van der Waals surface area contributed by atoms with Crippen molar-refractivity contribution in [1.29, 1.82) is 0 Å².